The highest BCUT2D eigenvalue weighted by atomic mass is 35.5. The largest absolute Gasteiger partial charge is 0.333 e. The van der Waals surface area contributed by atoms with Crippen molar-refractivity contribution < 1.29 is 13.2 Å². The molecular formula is C31H32Cl2N4O4S. The molecule has 3 aromatic carbocycles. The summed E-state index contributed by atoms with van der Waals surface area (Å²) in [5, 5.41) is 0.927. The van der Waals surface area contributed by atoms with E-state index in [9.17, 15) is 18.0 Å². The summed E-state index contributed by atoms with van der Waals surface area (Å²) in [5.74, 6) is -0.244. The van der Waals surface area contributed by atoms with Crippen molar-refractivity contribution in [3.63, 3.8) is 0 Å². The van der Waals surface area contributed by atoms with Gasteiger partial charge in [0.2, 0.25) is 0 Å². The summed E-state index contributed by atoms with van der Waals surface area (Å²) < 4.78 is 32.7. The summed E-state index contributed by atoms with van der Waals surface area (Å²) in [7, 11) is -2.51. The molecule has 1 aliphatic heterocycles. The third-order valence-corrected chi connectivity index (χ3v) is 10.2. The minimum atomic E-state index is -4.20. The van der Waals surface area contributed by atoms with Gasteiger partial charge in [0.1, 0.15) is 5.69 Å². The van der Waals surface area contributed by atoms with Gasteiger partial charge >= 0.3 is 0 Å². The average Bonchev–Trinajstić information content (AvgIpc) is 3.43. The maximum atomic E-state index is 14.0. The van der Waals surface area contributed by atoms with Crippen LogP contribution in [-0.4, -0.2) is 40.7 Å². The fourth-order valence-corrected chi connectivity index (χ4v) is 7.13. The molecular weight excluding hydrogens is 595 g/mol. The van der Waals surface area contributed by atoms with Gasteiger partial charge in [0.15, 0.2) is 0 Å². The maximum absolute atomic E-state index is 14.0. The van der Waals surface area contributed by atoms with Crippen LogP contribution in [0.15, 0.2) is 76.4 Å². The van der Waals surface area contributed by atoms with Crippen LogP contribution in [0, 0.1) is 13.8 Å². The Morgan fingerprint density at radius 3 is 2.40 bits per heavy atom. The monoisotopic (exact) mass is 626 g/mol. The molecule has 0 aliphatic carbocycles. The molecule has 1 aliphatic rings. The fraction of sp³-hybridized carbons (Fsp3) is 0.290. The molecule has 1 saturated heterocycles. The van der Waals surface area contributed by atoms with E-state index in [1.807, 2.05) is 30.0 Å². The van der Waals surface area contributed by atoms with Crippen LogP contribution in [0.3, 0.4) is 0 Å². The number of nitrogens with zero attached hydrogens (tertiary/aromatic N) is 3. The third kappa shape index (κ3) is 5.48. The van der Waals surface area contributed by atoms with Crippen LogP contribution in [0.5, 0.6) is 0 Å². The fourth-order valence-electron chi connectivity index (χ4n) is 5.67. The van der Waals surface area contributed by atoms with Crippen molar-refractivity contribution in [1.82, 2.24) is 14.3 Å². The van der Waals surface area contributed by atoms with Gasteiger partial charge < -0.3 is 4.90 Å². The Kier molecular flexibility index (Phi) is 8.04. The van der Waals surface area contributed by atoms with Crippen LogP contribution in [0.1, 0.15) is 46.9 Å². The molecule has 0 saturated carbocycles. The second-order valence-electron chi connectivity index (χ2n) is 11.0. The molecule has 1 atom stereocenters. The molecule has 1 unspecified atom stereocenters. The molecule has 11 heteroatoms. The van der Waals surface area contributed by atoms with Crippen LogP contribution in [0.2, 0.25) is 10.0 Å². The van der Waals surface area contributed by atoms with E-state index in [1.54, 1.807) is 62.0 Å². The van der Waals surface area contributed by atoms with Crippen molar-refractivity contribution >= 4 is 44.8 Å². The Bertz CT molecular complexity index is 1850. The number of para-hydroxylation sites is 1. The zero-order valence-electron chi connectivity index (χ0n) is 23.8. The Morgan fingerprint density at radius 1 is 1.00 bits per heavy atom. The lowest BCUT2D eigenvalue weighted by molar-refractivity contribution is 0.0623. The molecule has 0 bridgehead atoms. The first kappa shape index (κ1) is 29.9. The number of sulfonamides is 1. The molecule has 1 fully saturated rings. The number of likely N-dealkylation sites (tertiary alicyclic amines) is 1. The van der Waals surface area contributed by atoms with Crippen molar-refractivity contribution in [3.05, 3.63) is 110 Å². The summed E-state index contributed by atoms with van der Waals surface area (Å²) in [5.41, 5.74) is 1.94. The second kappa shape index (κ2) is 11.3. The molecule has 42 heavy (non-hydrogen) atoms. The maximum Gasteiger partial charge on any atom is 0.296 e. The van der Waals surface area contributed by atoms with Crippen molar-refractivity contribution in [2.24, 2.45) is 7.05 Å². The van der Waals surface area contributed by atoms with Crippen LogP contribution in [0.25, 0.3) is 5.69 Å². The van der Waals surface area contributed by atoms with Gasteiger partial charge in [0.05, 0.1) is 26.3 Å². The normalized spacial score (nSPS) is 17.0. The molecule has 4 aromatic rings. The molecule has 0 radical (unpaired) electrons. The molecule has 0 spiro atoms. The average molecular weight is 628 g/mol. The third-order valence-electron chi connectivity index (χ3n) is 8.10. The topological polar surface area (TPSA) is 93.4 Å². The standard InChI is InChI=1S/C31H32Cl2N4O4S/c1-20-11-13-24(42(40,41)34-28-21(2)35(4)37(30(28)39)23-9-6-5-7-10-23)18-25(20)29(38)36-16-8-15-31(36,3)19-22-12-14-26(32)27(33)17-22/h5-7,9-14,17-18,34H,8,15-16,19H2,1-4H3. The Morgan fingerprint density at radius 2 is 1.71 bits per heavy atom. The van der Waals surface area contributed by atoms with Crippen molar-refractivity contribution in [1.29, 1.82) is 0 Å². The van der Waals surface area contributed by atoms with E-state index in [4.69, 9.17) is 23.2 Å². The summed E-state index contributed by atoms with van der Waals surface area (Å²) in [6, 6.07) is 18.9. The van der Waals surface area contributed by atoms with Gasteiger partial charge in [0, 0.05) is 24.7 Å². The number of nitrogens with one attached hydrogen (secondary N) is 1. The van der Waals surface area contributed by atoms with Gasteiger partial charge in [-0.15, -0.1) is 0 Å². The molecule has 5 rings (SSSR count). The molecule has 8 nitrogen and oxygen atoms in total. The van der Waals surface area contributed by atoms with Gasteiger partial charge in [0.25, 0.3) is 21.5 Å². The van der Waals surface area contributed by atoms with Gasteiger partial charge in [-0.2, -0.15) is 0 Å². The summed E-state index contributed by atoms with van der Waals surface area (Å²) in [6.45, 7) is 6.04. The smallest absolute Gasteiger partial charge is 0.296 e. The number of hydrogen-bond acceptors (Lipinski definition) is 4. The van der Waals surface area contributed by atoms with Crippen LogP contribution < -0.4 is 10.3 Å². The number of anilines is 1. The van der Waals surface area contributed by atoms with Gasteiger partial charge in [-0.25, -0.2) is 13.1 Å². The van der Waals surface area contributed by atoms with Crippen LogP contribution >= 0.6 is 23.2 Å². The lowest BCUT2D eigenvalue weighted by atomic mass is 9.89. The number of carbonyl (C=O) groups is 1. The molecule has 2 heterocycles. The SMILES string of the molecule is Cc1ccc(S(=O)(=O)Nc2c(C)n(C)n(-c3ccccc3)c2=O)cc1C(=O)N1CCCC1(C)Cc1ccc(Cl)c(Cl)c1. The van der Waals surface area contributed by atoms with E-state index in [2.05, 4.69) is 4.72 Å². The quantitative estimate of drug-likeness (QED) is 0.267. The highest BCUT2D eigenvalue weighted by molar-refractivity contribution is 7.92. The Hall–Kier alpha value is -3.53. The van der Waals surface area contributed by atoms with Gasteiger partial charge in [-0.3, -0.25) is 19.0 Å². The highest BCUT2D eigenvalue weighted by Gasteiger charge is 2.40. The molecule has 220 valence electrons. The lowest BCUT2D eigenvalue weighted by Gasteiger charge is -2.36. The molecule has 1 amide bonds. The second-order valence-corrected chi connectivity index (χ2v) is 13.5. The number of benzene rings is 3. The first-order valence-electron chi connectivity index (χ1n) is 13.6. The van der Waals surface area contributed by atoms with E-state index < -0.39 is 21.1 Å². The van der Waals surface area contributed by atoms with E-state index in [1.165, 1.54) is 16.8 Å². The zero-order chi connectivity index (χ0) is 30.4. The predicted molar refractivity (Wildman–Crippen MR) is 167 cm³/mol. The minimum absolute atomic E-state index is 0.0523. The van der Waals surface area contributed by atoms with Gasteiger partial charge in [-0.05, 0) is 87.6 Å². The number of carbonyl (C=O) groups excluding carboxylic acids is 1. The van der Waals surface area contributed by atoms with Crippen LogP contribution in [0.4, 0.5) is 5.69 Å². The molecule has 1 aromatic heterocycles. The number of amides is 1. The first-order valence-corrected chi connectivity index (χ1v) is 15.8. The highest BCUT2D eigenvalue weighted by Crippen LogP contribution is 2.36. The number of rotatable bonds is 7. The lowest BCUT2D eigenvalue weighted by Crippen LogP contribution is -2.46. The zero-order valence-corrected chi connectivity index (χ0v) is 26.1. The van der Waals surface area contributed by atoms with E-state index >= 15 is 0 Å². The predicted octanol–water partition coefficient (Wildman–Crippen LogP) is 6.14. The number of halogens is 2. The summed E-state index contributed by atoms with van der Waals surface area (Å²) in [4.78, 5) is 29.0. The number of hydrogen-bond donors (Lipinski definition) is 1. The van der Waals surface area contributed by atoms with Crippen molar-refractivity contribution in [2.75, 3.05) is 11.3 Å². The van der Waals surface area contributed by atoms with Crippen molar-refractivity contribution in [3.8, 4) is 5.69 Å². The van der Waals surface area contributed by atoms with E-state index in [0.29, 0.717) is 45.5 Å². The van der Waals surface area contributed by atoms with Gasteiger partial charge in [-0.1, -0.05) is 53.5 Å². The Labute approximate surface area is 255 Å². The van der Waals surface area contributed by atoms with E-state index in [-0.39, 0.29) is 16.5 Å². The van der Waals surface area contributed by atoms with Crippen LogP contribution in [-0.2, 0) is 23.5 Å². The Balaban J connectivity index is 1.45. The number of aryl methyl sites for hydroxylation is 1. The minimum Gasteiger partial charge on any atom is -0.333 e. The first-order chi connectivity index (χ1) is 19.8. The van der Waals surface area contributed by atoms with Crippen molar-refractivity contribution in [2.45, 2.75) is 50.5 Å². The number of aromatic nitrogens is 2. The summed E-state index contributed by atoms with van der Waals surface area (Å²) >= 11 is 12.3. The molecule has 1 N–H and O–H groups in total. The summed E-state index contributed by atoms with van der Waals surface area (Å²) in [6.07, 6.45) is 2.19. The van der Waals surface area contributed by atoms with E-state index in [0.717, 1.165) is 18.4 Å².